The minimum atomic E-state index is -0.848. The largest absolute Gasteiger partial charge is 0.305 e. The van der Waals surface area contributed by atoms with Gasteiger partial charge in [-0.2, -0.15) is 5.26 Å². The summed E-state index contributed by atoms with van der Waals surface area (Å²) in [6.45, 7) is 9.61. The van der Waals surface area contributed by atoms with Gasteiger partial charge in [-0.05, 0) is 31.5 Å². The highest BCUT2D eigenvalue weighted by atomic mass is 16.2. The number of benzene rings is 1. The standard InChI is InChI=1S/C19H19N3O2/c1-21-18-17(24)11-16(23)15(12-20)19(18)7-9-22(10-8-19)13-14-5-3-2-4-6-14/h2-6,15,18H,7-11,13H2. The summed E-state index contributed by atoms with van der Waals surface area (Å²) in [4.78, 5) is 30.2. The summed E-state index contributed by atoms with van der Waals surface area (Å²) in [5, 5.41) is 9.48. The third kappa shape index (κ3) is 2.72. The first kappa shape index (κ1) is 16.4. The quantitative estimate of drug-likeness (QED) is 0.619. The molecule has 1 heterocycles. The molecule has 1 saturated heterocycles. The summed E-state index contributed by atoms with van der Waals surface area (Å²) >= 11 is 0. The van der Waals surface area contributed by atoms with Crippen LogP contribution in [0.4, 0.5) is 0 Å². The first-order valence-corrected chi connectivity index (χ1v) is 8.18. The molecular formula is C19H19N3O2. The van der Waals surface area contributed by atoms with Crippen molar-refractivity contribution >= 4 is 11.6 Å². The zero-order chi connectivity index (χ0) is 17.2. The van der Waals surface area contributed by atoms with Gasteiger partial charge in [0, 0.05) is 6.54 Å². The molecule has 24 heavy (non-hydrogen) atoms. The molecule has 1 spiro atoms. The number of likely N-dealkylation sites (tertiary alicyclic amines) is 1. The number of hydrogen-bond acceptors (Lipinski definition) is 4. The van der Waals surface area contributed by atoms with E-state index in [0.29, 0.717) is 25.9 Å². The van der Waals surface area contributed by atoms with Crippen molar-refractivity contribution in [1.29, 1.82) is 5.26 Å². The van der Waals surface area contributed by atoms with Crippen LogP contribution in [-0.2, 0) is 16.1 Å². The van der Waals surface area contributed by atoms with Crippen molar-refractivity contribution in [3.63, 3.8) is 0 Å². The average molecular weight is 321 g/mol. The molecule has 0 amide bonds. The Kier molecular flexibility index (Phi) is 4.46. The number of hydrogen-bond donors (Lipinski definition) is 0. The van der Waals surface area contributed by atoms with Gasteiger partial charge in [-0.3, -0.25) is 14.5 Å². The zero-order valence-electron chi connectivity index (χ0n) is 13.4. The molecule has 2 aliphatic rings. The predicted octanol–water partition coefficient (Wildman–Crippen LogP) is 2.24. The molecule has 1 aliphatic carbocycles. The molecule has 2 unspecified atom stereocenters. The highest BCUT2D eigenvalue weighted by Crippen LogP contribution is 2.47. The molecule has 1 saturated carbocycles. The van der Waals surface area contributed by atoms with Gasteiger partial charge in [0.2, 0.25) is 5.78 Å². The summed E-state index contributed by atoms with van der Waals surface area (Å²) < 4.78 is 0. The first-order valence-electron chi connectivity index (χ1n) is 8.18. The molecule has 5 nitrogen and oxygen atoms in total. The fourth-order valence-corrected chi connectivity index (χ4v) is 4.10. The lowest BCUT2D eigenvalue weighted by molar-refractivity contribution is -0.140. The number of piperidine rings is 1. The van der Waals surface area contributed by atoms with E-state index >= 15 is 0 Å². The van der Waals surface area contributed by atoms with Crippen LogP contribution in [0.25, 0.3) is 4.85 Å². The van der Waals surface area contributed by atoms with Crippen LogP contribution in [0, 0.1) is 29.2 Å². The van der Waals surface area contributed by atoms with E-state index in [-0.39, 0.29) is 18.0 Å². The van der Waals surface area contributed by atoms with E-state index < -0.39 is 17.4 Å². The Labute approximate surface area is 141 Å². The van der Waals surface area contributed by atoms with Gasteiger partial charge >= 0.3 is 0 Å². The van der Waals surface area contributed by atoms with E-state index in [1.54, 1.807) is 0 Å². The minimum Gasteiger partial charge on any atom is -0.305 e. The molecule has 1 aromatic carbocycles. The number of nitrogens with zero attached hydrogens (tertiary/aromatic N) is 3. The van der Waals surface area contributed by atoms with Gasteiger partial charge in [-0.1, -0.05) is 30.3 Å². The molecule has 1 aliphatic heterocycles. The number of Topliss-reactive ketones (excluding diaryl/α,β-unsaturated/α-hetero) is 2. The maximum Gasteiger partial charge on any atom is 0.288 e. The molecule has 0 N–H and O–H groups in total. The smallest absolute Gasteiger partial charge is 0.288 e. The molecule has 0 aromatic heterocycles. The molecule has 5 heteroatoms. The fraction of sp³-hybridized carbons (Fsp3) is 0.474. The number of carbonyl (C=O) groups is 2. The second-order valence-electron chi connectivity index (χ2n) is 6.70. The summed E-state index contributed by atoms with van der Waals surface area (Å²) in [5.74, 6) is -1.44. The van der Waals surface area contributed by atoms with Crippen LogP contribution in [0.2, 0.25) is 0 Å². The highest BCUT2D eigenvalue weighted by molar-refractivity contribution is 6.07. The highest BCUT2D eigenvalue weighted by Gasteiger charge is 2.60. The number of ketones is 2. The molecule has 2 atom stereocenters. The Bertz CT molecular complexity index is 687. The maximum atomic E-state index is 12.2. The lowest BCUT2D eigenvalue weighted by atomic mass is 9.58. The topological polar surface area (TPSA) is 65.5 Å². The molecule has 2 fully saturated rings. The van der Waals surface area contributed by atoms with Gasteiger partial charge in [0.1, 0.15) is 5.92 Å². The van der Waals surface area contributed by atoms with Crippen molar-refractivity contribution in [2.24, 2.45) is 11.3 Å². The van der Waals surface area contributed by atoms with Gasteiger partial charge < -0.3 is 4.85 Å². The van der Waals surface area contributed by atoms with Crippen LogP contribution in [0.3, 0.4) is 0 Å². The molecule has 1 aromatic rings. The van der Waals surface area contributed by atoms with E-state index in [1.165, 1.54) is 5.56 Å². The molecule has 0 bridgehead atoms. The van der Waals surface area contributed by atoms with Crippen LogP contribution in [0.5, 0.6) is 0 Å². The maximum absolute atomic E-state index is 12.2. The third-order valence-corrected chi connectivity index (χ3v) is 5.39. The van der Waals surface area contributed by atoms with Gasteiger partial charge in [0.25, 0.3) is 6.04 Å². The van der Waals surface area contributed by atoms with Crippen molar-refractivity contribution in [3.05, 3.63) is 47.3 Å². The van der Waals surface area contributed by atoms with E-state index in [2.05, 4.69) is 27.9 Å². The number of rotatable bonds is 2. The first-order chi connectivity index (χ1) is 11.6. The van der Waals surface area contributed by atoms with Gasteiger partial charge in [0.05, 0.1) is 17.9 Å². The van der Waals surface area contributed by atoms with Crippen molar-refractivity contribution < 1.29 is 9.59 Å². The van der Waals surface area contributed by atoms with E-state index in [1.807, 2.05) is 18.2 Å². The SMILES string of the molecule is [C-]#[N+]C1C(=O)CC(=O)C(C#N)C12CCN(Cc1ccccc1)CC2. The van der Waals surface area contributed by atoms with E-state index in [0.717, 1.165) is 6.54 Å². The van der Waals surface area contributed by atoms with Gasteiger partial charge in [-0.15, -0.1) is 0 Å². The third-order valence-electron chi connectivity index (χ3n) is 5.39. The van der Waals surface area contributed by atoms with Crippen LogP contribution >= 0.6 is 0 Å². The fourth-order valence-electron chi connectivity index (χ4n) is 4.10. The minimum absolute atomic E-state index is 0.263. The zero-order valence-corrected chi connectivity index (χ0v) is 13.4. The summed E-state index contributed by atoms with van der Waals surface area (Å²) in [5.41, 5.74) is 0.415. The van der Waals surface area contributed by atoms with Crippen molar-refractivity contribution in [2.45, 2.75) is 31.8 Å². The average Bonchev–Trinajstić information content (AvgIpc) is 2.58. The summed E-state index contributed by atoms with van der Waals surface area (Å²) in [7, 11) is 0. The monoisotopic (exact) mass is 321 g/mol. The summed E-state index contributed by atoms with van der Waals surface area (Å²) in [6, 6.07) is 11.4. The lowest BCUT2D eigenvalue weighted by Gasteiger charge is -2.45. The number of nitriles is 1. The van der Waals surface area contributed by atoms with Crippen molar-refractivity contribution in [2.75, 3.05) is 13.1 Å². The molecule has 122 valence electrons. The lowest BCUT2D eigenvalue weighted by Crippen LogP contribution is -2.56. The van der Waals surface area contributed by atoms with Crippen LogP contribution in [0.15, 0.2) is 30.3 Å². The Balaban J connectivity index is 1.78. The summed E-state index contributed by atoms with van der Waals surface area (Å²) in [6.07, 6.45) is 0.825. The van der Waals surface area contributed by atoms with Crippen LogP contribution in [-0.4, -0.2) is 35.6 Å². The van der Waals surface area contributed by atoms with E-state index in [4.69, 9.17) is 6.57 Å². The molecule has 3 rings (SSSR count). The van der Waals surface area contributed by atoms with Gasteiger partial charge in [-0.25, -0.2) is 6.57 Å². The Morgan fingerprint density at radius 2 is 1.88 bits per heavy atom. The Morgan fingerprint density at radius 3 is 2.46 bits per heavy atom. The predicted molar refractivity (Wildman–Crippen MR) is 87.5 cm³/mol. The van der Waals surface area contributed by atoms with Crippen LogP contribution < -0.4 is 0 Å². The van der Waals surface area contributed by atoms with Crippen molar-refractivity contribution in [1.82, 2.24) is 4.90 Å². The second-order valence-corrected chi connectivity index (χ2v) is 6.70. The second kappa shape index (κ2) is 6.55. The van der Waals surface area contributed by atoms with Gasteiger partial charge in [0.15, 0.2) is 5.78 Å². The Hall–Kier alpha value is -2.50. The normalized spacial score (nSPS) is 26.8. The molecule has 0 radical (unpaired) electrons. The van der Waals surface area contributed by atoms with Crippen molar-refractivity contribution in [3.8, 4) is 6.07 Å². The van der Waals surface area contributed by atoms with Crippen LogP contribution in [0.1, 0.15) is 24.8 Å². The molecular weight excluding hydrogens is 302 g/mol. The van der Waals surface area contributed by atoms with E-state index in [9.17, 15) is 14.9 Å². The Morgan fingerprint density at radius 1 is 1.21 bits per heavy atom. The number of carbonyl (C=O) groups excluding carboxylic acids is 2.